The third-order valence-corrected chi connectivity index (χ3v) is 5.00. The number of pyridine rings is 1. The maximum atomic E-state index is 11.7. The van der Waals surface area contributed by atoms with Gasteiger partial charge in [-0.2, -0.15) is 0 Å². The van der Waals surface area contributed by atoms with Crippen molar-refractivity contribution < 1.29 is 19.3 Å². The molecule has 0 fully saturated rings. The summed E-state index contributed by atoms with van der Waals surface area (Å²) >= 11 is 0. The first kappa shape index (κ1) is 20.5. The van der Waals surface area contributed by atoms with Crippen molar-refractivity contribution in [2.75, 3.05) is 25.2 Å². The number of anilines is 1. The van der Waals surface area contributed by atoms with E-state index in [0.717, 1.165) is 17.4 Å². The Balaban J connectivity index is 0.00000289. The van der Waals surface area contributed by atoms with Crippen LogP contribution in [0.2, 0.25) is 0 Å². The number of imidazole rings is 1. The van der Waals surface area contributed by atoms with Crippen LogP contribution < -0.4 is 14.2 Å². The molecule has 11 heteroatoms. The second kappa shape index (κ2) is 7.84. The molecule has 4 rings (SSSR count). The van der Waals surface area contributed by atoms with Gasteiger partial charge in [0.2, 0.25) is 10.0 Å². The third kappa shape index (κ3) is 3.99. The first-order valence-electron chi connectivity index (χ1n) is 9.17. The van der Waals surface area contributed by atoms with Gasteiger partial charge in [0.05, 0.1) is 26.7 Å². The molecule has 0 aliphatic rings. The largest absolute Gasteiger partial charge is 0.494 e. The normalized spacial score (nSPS) is 11.5. The number of nitrogens with zero attached hydrogens (tertiary/aromatic N) is 5. The number of ether oxygens (including phenoxy) is 2. The fourth-order valence-electron chi connectivity index (χ4n) is 3.23. The van der Waals surface area contributed by atoms with E-state index in [9.17, 15) is 8.42 Å². The summed E-state index contributed by atoms with van der Waals surface area (Å²) in [6.45, 7) is 1.93. The van der Waals surface area contributed by atoms with E-state index in [2.05, 4.69) is 24.7 Å². The van der Waals surface area contributed by atoms with Crippen LogP contribution in [0.3, 0.4) is 0 Å². The standard InChI is InChI=1S/C20H20N6O4S.H2/c1-12-8-13(10-21-9-12)19-24-18-20(23-16(11-22-18)25-31(4,27)28)26(19)17-14(29-2)6-5-7-15(17)30-3;/h5-11H,1-4H3,(H,23,25);1H. The van der Waals surface area contributed by atoms with Crippen LogP contribution >= 0.6 is 0 Å². The van der Waals surface area contributed by atoms with E-state index in [1.807, 2.05) is 13.0 Å². The Morgan fingerprint density at radius 3 is 2.39 bits per heavy atom. The van der Waals surface area contributed by atoms with Gasteiger partial charge in [-0.25, -0.2) is 23.4 Å². The number of hydrogen-bond acceptors (Lipinski definition) is 8. The Morgan fingerprint density at radius 2 is 1.77 bits per heavy atom. The molecule has 1 aromatic carbocycles. The third-order valence-electron chi connectivity index (χ3n) is 4.42. The van der Waals surface area contributed by atoms with E-state index in [4.69, 9.17) is 9.47 Å². The van der Waals surface area contributed by atoms with Crippen LogP contribution in [-0.2, 0) is 10.0 Å². The lowest BCUT2D eigenvalue weighted by Crippen LogP contribution is -2.11. The number of aryl methyl sites for hydroxylation is 1. The smallest absolute Gasteiger partial charge is 0.231 e. The predicted octanol–water partition coefficient (Wildman–Crippen LogP) is 2.82. The summed E-state index contributed by atoms with van der Waals surface area (Å²) in [6.07, 6.45) is 5.79. The zero-order chi connectivity index (χ0) is 22.2. The monoisotopic (exact) mass is 442 g/mol. The van der Waals surface area contributed by atoms with Gasteiger partial charge in [-0.3, -0.25) is 14.3 Å². The topological polar surface area (TPSA) is 121 Å². The molecular weight excluding hydrogens is 420 g/mol. The minimum atomic E-state index is -3.54. The molecule has 0 aliphatic carbocycles. The lowest BCUT2D eigenvalue weighted by atomic mass is 10.2. The molecule has 3 heterocycles. The molecule has 1 N–H and O–H groups in total. The minimum absolute atomic E-state index is 0. The number of benzene rings is 1. The molecule has 0 spiro atoms. The fraction of sp³-hybridized carbons (Fsp3) is 0.200. The van der Waals surface area contributed by atoms with Crippen molar-refractivity contribution in [3.63, 3.8) is 0 Å². The summed E-state index contributed by atoms with van der Waals surface area (Å²) in [5.74, 6) is 1.61. The van der Waals surface area contributed by atoms with Crippen LogP contribution in [0.4, 0.5) is 5.82 Å². The highest BCUT2D eigenvalue weighted by Gasteiger charge is 2.23. The van der Waals surface area contributed by atoms with Gasteiger partial charge in [-0.1, -0.05) is 6.07 Å². The van der Waals surface area contributed by atoms with Crippen molar-refractivity contribution in [1.82, 2.24) is 24.5 Å². The summed E-state index contributed by atoms with van der Waals surface area (Å²) in [6, 6.07) is 7.31. The Morgan fingerprint density at radius 1 is 1.06 bits per heavy atom. The lowest BCUT2D eigenvalue weighted by Gasteiger charge is -2.16. The van der Waals surface area contributed by atoms with Gasteiger partial charge >= 0.3 is 0 Å². The maximum Gasteiger partial charge on any atom is 0.231 e. The predicted molar refractivity (Wildman–Crippen MR) is 118 cm³/mol. The fourth-order valence-corrected chi connectivity index (χ4v) is 3.70. The number of methoxy groups -OCH3 is 2. The molecule has 31 heavy (non-hydrogen) atoms. The summed E-state index contributed by atoms with van der Waals surface area (Å²) in [4.78, 5) is 17.7. The summed E-state index contributed by atoms with van der Waals surface area (Å²) < 4.78 is 38.7. The number of aromatic nitrogens is 5. The van der Waals surface area contributed by atoms with Crippen LogP contribution in [-0.4, -0.2) is 53.4 Å². The van der Waals surface area contributed by atoms with Crippen LogP contribution in [0.15, 0.2) is 42.9 Å². The minimum Gasteiger partial charge on any atom is -0.494 e. The van der Waals surface area contributed by atoms with Crippen LogP contribution in [0.5, 0.6) is 11.5 Å². The van der Waals surface area contributed by atoms with E-state index in [1.165, 1.54) is 6.20 Å². The Labute approximate surface area is 180 Å². The van der Waals surface area contributed by atoms with Gasteiger partial charge in [-0.05, 0) is 30.7 Å². The molecule has 3 aromatic heterocycles. The molecule has 0 saturated carbocycles. The van der Waals surface area contributed by atoms with Crippen molar-refractivity contribution in [3.8, 4) is 28.6 Å². The van der Waals surface area contributed by atoms with Gasteiger partial charge in [0.15, 0.2) is 22.9 Å². The number of rotatable bonds is 6. The van der Waals surface area contributed by atoms with E-state index >= 15 is 0 Å². The summed E-state index contributed by atoms with van der Waals surface area (Å²) in [7, 11) is -0.443. The van der Waals surface area contributed by atoms with Crippen LogP contribution in [0, 0.1) is 6.92 Å². The lowest BCUT2D eigenvalue weighted by molar-refractivity contribution is 0.391. The number of sulfonamides is 1. The van der Waals surface area contributed by atoms with Gasteiger partial charge < -0.3 is 9.47 Å². The molecule has 0 amide bonds. The Hall–Kier alpha value is -3.73. The second-order valence-corrected chi connectivity index (χ2v) is 8.56. The number of fused-ring (bicyclic) bond motifs is 1. The zero-order valence-electron chi connectivity index (χ0n) is 17.3. The van der Waals surface area contributed by atoms with Gasteiger partial charge in [-0.15, -0.1) is 0 Å². The Bertz CT molecular complexity index is 1370. The molecule has 0 aliphatic heterocycles. The number of para-hydroxylation sites is 1. The highest BCUT2D eigenvalue weighted by atomic mass is 32.2. The first-order valence-corrected chi connectivity index (χ1v) is 11.1. The molecule has 0 unspecified atom stereocenters. The molecule has 4 aromatic rings. The Kier molecular flexibility index (Phi) is 5.19. The maximum absolute atomic E-state index is 11.7. The van der Waals surface area contributed by atoms with E-state index in [1.54, 1.807) is 49.4 Å². The van der Waals surface area contributed by atoms with Crippen molar-refractivity contribution >= 4 is 27.1 Å². The molecule has 0 radical (unpaired) electrons. The first-order chi connectivity index (χ1) is 14.8. The SMILES string of the molecule is COc1cccc(OC)c1-n1c(-c2cncc(C)c2)nc2ncc(NS(C)(=O)=O)nc21.[HH]. The van der Waals surface area contributed by atoms with Gasteiger partial charge in [0.1, 0.15) is 17.2 Å². The second-order valence-electron chi connectivity index (χ2n) is 6.81. The summed E-state index contributed by atoms with van der Waals surface area (Å²) in [5, 5.41) is 0. The molecular formula is C20H22N6O4S. The quantitative estimate of drug-likeness (QED) is 0.484. The van der Waals surface area contributed by atoms with E-state index in [0.29, 0.717) is 34.3 Å². The summed E-state index contributed by atoms with van der Waals surface area (Å²) in [5.41, 5.74) is 2.88. The van der Waals surface area contributed by atoms with E-state index < -0.39 is 10.0 Å². The number of nitrogens with one attached hydrogen (secondary N) is 1. The molecule has 10 nitrogen and oxygen atoms in total. The molecule has 0 saturated heterocycles. The zero-order valence-corrected chi connectivity index (χ0v) is 18.1. The average Bonchev–Trinajstić information content (AvgIpc) is 3.10. The van der Waals surface area contributed by atoms with Crippen molar-refractivity contribution in [3.05, 3.63) is 48.4 Å². The van der Waals surface area contributed by atoms with Gasteiger partial charge in [0, 0.05) is 19.4 Å². The molecule has 0 atom stereocenters. The number of hydrogen-bond donors (Lipinski definition) is 1. The van der Waals surface area contributed by atoms with Crippen molar-refractivity contribution in [2.45, 2.75) is 6.92 Å². The van der Waals surface area contributed by atoms with E-state index in [-0.39, 0.29) is 7.24 Å². The highest BCUT2D eigenvalue weighted by Crippen LogP contribution is 2.38. The highest BCUT2D eigenvalue weighted by molar-refractivity contribution is 7.92. The van der Waals surface area contributed by atoms with Crippen LogP contribution in [0.25, 0.3) is 28.4 Å². The van der Waals surface area contributed by atoms with Crippen LogP contribution in [0.1, 0.15) is 6.99 Å². The van der Waals surface area contributed by atoms with Crippen molar-refractivity contribution in [2.24, 2.45) is 0 Å². The van der Waals surface area contributed by atoms with Gasteiger partial charge in [0.25, 0.3) is 0 Å². The van der Waals surface area contributed by atoms with Crippen molar-refractivity contribution in [1.29, 1.82) is 0 Å². The molecule has 0 bridgehead atoms. The average molecular weight is 443 g/mol. The molecule has 162 valence electrons.